The van der Waals surface area contributed by atoms with Gasteiger partial charge in [-0.25, -0.2) is 0 Å². The minimum Gasteiger partial charge on any atom is -0.313 e. The van der Waals surface area contributed by atoms with Gasteiger partial charge in [-0.2, -0.15) is 10.5 Å². The number of para-hydroxylation sites is 3. The highest BCUT2D eigenvalue weighted by atomic mass is 15.0. The van der Waals surface area contributed by atoms with Crippen LogP contribution >= 0.6 is 0 Å². The Morgan fingerprint density at radius 1 is 0.562 bits per heavy atom. The zero-order chi connectivity index (χ0) is 32.2. The molecule has 0 spiro atoms. The van der Waals surface area contributed by atoms with Gasteiger partial charge in [-0.1, -0.05) is 97.1 Å². The second kappa shape index (κ2) is 11.2. The highest BCUT2D eigenvalue weighted by Crippen LogP contribution is 2.38. The Balaban J connectivity index is 1.34. The van der Waals surface area contributed by atoms with E-state index in [1.54, 1.807) is 0 Å². The van der Waals surface area contributed by atoms with Crippen LogP contribution in [0, 0.1) is 22.7 Å². The van der Waals surface area contributed by atoms with Crippen LogP contribution in [0.5, 0.6) is 0 Å². The summed E-state index contributed by atoms with van der Waals surface area (Å²) >= 11 is 0. The molecule has 7 aromatic rings. The first kappa shape index (κ1) is 27.9. The van der Waals surface area contributed by atoms with E-state index in [0.717, 1.165) is 64.3 Å². The third-order valence-corrected chi connectivity index (χ3v) is 9.95. The van der Waals surface area contributed by atoms with Crippen LogP contribution in [0.15, 0.2) is 133 Å². The SMILES string of the molecule is N#CC1=CCCC(n2c3c(c4ccccc42)=CCCC=3c2ccccc2-c2ccc3c4ccccc4n(-c4ccccc4C#N)c3c2)=C1. The van der Waals surface area contributed by atoms with Crippen LogP contribution in [0.4, 0.5) is 0 Å². The average molecular weight is 615 g/mol. The van der Waals surface area contributed by atoms with Crippen LogP contribution in [0.2, 0.25) is 0 Å². The molecule has 0 saturated carbocycles. The summed E-state index contributed by atoms with van der Waals surface area (Å²) in [5.74, 6) is 0. The van der Waals surface area contributed by atoms with E-state index < -0.39 is 0 Å². The van der Waals surface area contributed by atoms with Gasteiger partial charge in [-0.3, -0.25) is 0 Å². The second-order valence-electron chi connectivity index (χ2n) is 12.5. The number of allylic oxidation sites excluding steroid dienone is 4. The number of rotatable bonds is 4. The standard InChI is InChI=1S/C44H30N4/c45-27-29-11-9-13-32(25-29)47-41-21-7-5-17-36(41)39-19-10-18-38(44(39)47)34-15-3-2-14-33(34)30-23-24-37-35-16-4-8-22-42(35)48(43(37)26-30)40-20-6-1-12-31(40)28-46/h1-8,11-12,14-17,19-26H,9-10,13,18H2. The number of nitriles is 2. The third kappa shape index (κ3) is 4.20. The maximum Gasteiger partial charge on any atom is 0.101 e. The molecule has 0 radical (unpaired) electrons. The Morgan fingerprint density at radius 3 is 2.08 bits per heavy atom. The summed E-state index contributed by atoms with van der Waals surface area (Å²) in [6.45, 7) is 0. The summed E-state index contributed by atoms with van der Waals surface area (Å²) < 4.78 is 4.67. The van der Waals surface area contributed by atoms with Crippen LogP contribution in [0.1, 0.15) is 36.8 Å². The predicted molar refractivity (Wildman–Crippen MR) is 196 cm³/mol. The lowest BCUT2D eigenvalue weighted by Gasteiger charge is -2.19. The van der Waals surface area contributed by atoms with Gasteiger partial charge in [0.15, 0.2) is 0 Å². The van der Waals surface area contributed by atoms with Crippen molar-refractivity contribution in [2.45, 2.75) is 25.7 Å². The lowest BCUT2D eigenvalue weighted by Crippen LogP contribution is -2.34. The van der Waals surface area contributed by atoms with E-state index in [1.807, 2.05) is 30.3 Å². The lowest BCUT2D eigenvalue weighted by atomic mass is 9.89. The maximum atomic E-state index is 10.1. The van der Waals surface area contributed by atoms with Crippen molar-refractivity contribution in [3.05, 3.63) is 155 Å². The number of hydrogen-bond acceptors (Lipinski definition) is 2. The Kier molecular flexibility index (Phi) is 6.49. The van der Waals surface area contributed by atoms with Gasteiger partial charge in [0.25, 0.3) is 0 Å². The van der Waals surface area contributed by atoms with Crippen molar-refractivity contribution in [3.63, 3.8) is 0 Å². The molecule has 226 valence electrons. The first-order valence-electron chi connectivity index (χ1n) is 16.5. The first-order chi connectivity index (χ1) is 23.7. The smallest absolute Gasteiger partial charge is 0.101 e. The van der Waals surface area contributed by atoms with Gasteiger partial charge in [-0.05, 0) is 84.4 Å². The third-order valence-electron chi connectivity index (χ3n) is 9.95. The molecule has 5 aromatic carbocycles. The molecule has 2 aliphatic carbocycles. The predicted octanol–water partition coefficient (Wildman–Crippen LogP) is 9.14. The molecule has 4 nitrogen and oxygen atoms in total. The monoisotopic (exact) mass is 614 g/mol. The van der Waals surface area contributed by atoms with Gasteiger partial charge in [-0.15, -0.1) is 0 Å². The van der Waals surface area contributed by atoms with Crippen molar-refractivity contribution in [3.8, 4) is 29.0 Å². The highest BCUT2D eigenvalue weighted by molar-refractivity contribution is 6.10. The van der Waals surface area contributed by atoms with E-state index in [2.05, 4.69) is 124 Å². The molecule has 48 heavy (non-hydrogen) atoms. The van der Waals surface area contributed by atoms with Crippen LogP contribution < -0.4 is 10.6 Å². The summed E-state index contributed by atoms with van der Waals surface area (Å²) in [6.07, 6.45) is 10.1. The molecule has 0 fully saturated rings. The van der Waals surface area contributed by atoms with Gasteiger partial charge < -0.3 is 9.13 Å². The fraction of sp³-hybridized carbons (Fsp3) is 0.0909. The van der Waals surface area contributed by atoms with Crippen molar-refractivity contribution in [2.24, 2.45) is 0 Å². The molecule has 0 N–H and O–H groups in total. The molecule has 2 aliphatic rings. The van der Waals surface area contributed by atoms with E-state index in [4.69, 9.17) is 0 Å². The molecule has 0 saturated heterocycles. The fourth-order valence-electron chi connectivity index (χ4n) is 7.91. The molecule has 2 heterocycles. The van der Waals surface area contributed by atoms with Crippen molar-refractivity contribution in [1.82, 2.24) is 9.13 Å². The summed E-state index contributed by atoms with van der Waals surface area (Å²) in [7, 11) is 0. The summed E-state index contributed by atoms with van der Waals surface area (Å²) in [4.78, 5) is 0. The minimum atomic E-state index is 0.645. The Bertz CT molecular complexity index is 2750. The van der Waals surface area contributed by atoms with Crippen LogP contribution in [0.3, 0.4) is 0 Å². The van der Waals surface area contributed by atoms with Crippen LogP contribution in [0.25, 0.3) is 66.9 Å². The van der Waals surface area contributed by atoms with Gasteiger partial charge >= 0.3 is 0 Å². The molecule has 0 bridgehead atoms. The van der Waals surface area contributed by atoms with Crippen molar-refractivity contribution in [1.29, 1.82) is 10.5 Å². The molecule has 9 rings (SSSR count). The molecule has 0 unspecified atom stereocenters. The average Bonchev–Trinajstić information content (AvgIpc) is 3.67. The van der Waals surface area contributed by atoms with E-state index >= 15 is 0 Å². The van der Waals surface area contributed by atoms with Gasteiger partial charge in [0.2, 0.25) is 0 Å². The van der Waals surface area contributed by atoms with Gasteiger partial charge in [0.05, 0.1) is 39.2 Å². The normalized spacial score (nSPS) is 14.2. The highest BCUT2D eigenvalue weighted by Gasteiger charge is 2.22. The van der Waals surface area contributed by atoms with E-state index in [-0.39, 0.29) is 0 Å². The first-order valence-corrected chi connectivity index (χ1v) is 16.5. The van der Waals surface area contributed by atoms with E-state index in [0.29, 0.717) is 5.56 Å². The second-order valence-corrected chi connectivity index (χ2v) is 12.5. The summed E-state index contributed by atoms with van der Waals surface area (Å²) in [6, 6.07) is 45.3. The van der Waals surface area contributed by atoms with Gasteiger partial charge in [0, 0.05) is 32.6 Å². The Labute approximate surface area is 278 Å². The summed E-state index contributed by atoms with van der Waals surface area (Å²) in [5, 5.41) is 25.9. The minimum absolute atomic E-state index is 0.645. The lowest BCUT2D eigenvalue weighted by molar-refractivity contribution is 0.923. The quantitative estimate of drug-likeness (QED) is 0.199. The number of nitrogens with zero attached hydrogens (tertiary/aromatic N) is 4. The Hall–Kier alpha value is -6.36. The zero-order valence-electron chi connectivity index (χ0n) is 26.3. The molecule has 4 heteroatoms. The zero-order valence-corrected chi connectivity index (χ0v) is 26.3. The molecule has 0 amide bonds. The number of hydrogen-bond donors (Lipinski definition) is 0. The molecule has 0 aliphatic heterocycles. The number of benzene rings is 5. The maximum absolute atomic E-state index is 10.1. The molecule has 0 atom stereocenters. The van der Waals surface area contributed by atoms with E-state index in [9.17, 15) is 10.5 Å². The van der Waals surface area contributed by atoms with Crippen LogP contribution in [-0.4, -0.2) is 9.13 Å². The topological polar surface area (TPSA) is 57.4 Å². The van der Waals surface area contributed by atoms with Crippen molar-refractivity contribution >= 4 is 50.1 Å². The van der Waals surface area contributed by atoms with Gasteiger partial charge in [0.1, 0.15) is 6.07 Å². The van der Waals surface area contributed by atoms with Crippen molar-refractivity contribution < 1.29 is 0 Å². The molecular formula is C44H30N4. The number of aromatic nitrogens is 2. The van der Waals surface area contributed by atoms with Crippen LogP contribution in [-0.2, 0) is 0 Å². The molecule has 2 aromatic heterocycles. The van der Waals surface area contributed by atoms with E-state index in [1.165, 1.54) is 43.9 Å². The summed E-state index contributed by atoms with van der Waals surface area (Å²) in [5.41, 5.74) is 11.6. The largest absolute Gasteiger partial charge is 0.313 e. The Morgan fingerprint density at radius 2 is 1.25 bits per heavy atom. The van der Waals surface area contributed by atoms with Crippen molar-refractivity contribution in [2.75, 3.05) is 0 Å². The fourth-order valence-corrected chi connectivity index (χ4v) is 7.91. The number of fused-ring (bicyclic) bond motifs is 6. The molecular weight excluding hydrogens is 585 g/mol.